The van der Waals surface area contributed by atoms with E-state index >= 15 is 0 Å². The Hall–Kier alpha value is -0.800. The molecule has 86 valence electrons. The third-order valence-corrected chi connectivity index (χ3v) is 3.38. The molecule has 2 N–H and O–H groups in total. The predicted molar refractivity (Wildman–Crippen MR) is 70.3 cm³/mol. The van der Waals surface area contributed by atoms with E-state index < -0.39 is 0 Å². The second kappa shape index (κ2) is 3.90. The zero-order chi connectivity index (χ0) is 11.9. The normalized spacial score (nSPS) is 14.3. The molecular formula is C13H16BrNO. The van der Waals surface area contributed by atoms with Crippen molar-refractivity contribution in [2.24, 2.45) is 11.1 Å². The molecule has 0 saturated heterocycles. The first kappa shape index (κ1) is 11.7. The summed E-state index contributed by atoms with van der Waals surface area (Å²) in [5.41, 5.74) is 7.05. The quantitative estimate of drug-likeness (QED) is 0.849. The molecule has 1 aromatic heterocycles. The van der Waals surface area contributed by atoms with Crippen LogP contribution in [0.4, 0.5) is 0 Å². The minimum absolute atomic E-state index is 0.000350. The standard InChI is InChI=1S/C13H16BrNO/c1-13(2,3)12(15)10-7-8-5-4-6-9(14)11(8)16-10/h4-7,12H,15H2,1-3H3/t12-/m1/s1. The first-order chi connectivity index (χ1) is 7.39. The fraction of sp³-hybridized carbons (Fsp3) is 0.385. The van der Waals surface area contributed by atoms with Crippen molar-refractivity contribution in [3.8, 4) is 0 Å². The lowest BCUT2D eigenvalue weighted by atomic mass is 9.86. The van der Waals surface area contributed by atoms with Crippen LogP contribution in [-0.2, 0) is 0 Å². The van der Waals surface area contributed by atoms with Crippen molar-refractivity contribution in [3.63, 3.8) is 0 Å². The Morgan fingerprint density at radius 2 is 2.00 bits per heavy atom. The maximum absolute atomic E-state index is 6.18. The minimum atomic E-state index is -0.0909. The molecule has 0 radical (unpaired) electrons. The van der Waals surface area contributed by atoms with Gasteiger partial charge in [-0.25, -0.2) is 0 Å². The molecule has 0 aliphatic carbocycles. The number of para-hydroxylation sites is 1. The van der Waals surface area contributed by atoms with Crippen molar-refractivity contribution >= 4 is 26.9 Å². The monoisotopic (exact) mass is 281 g/mol. The Morgan fingerprint density at radius 1 is 1.31 bits per heavy atom. The fourth-order valence-electron chi connectivity index (χ4n) is 1.63. The van der Waals surface area contributed by atoms with Gasteiger partial charge in [0.1, 0.15) is 11.3 Å². The summed E-state index contributed by atoms with van der Waals surface area (Å²) >= 11 is 3.48. The first-order valence-electron chi connectivity index (χ1n) is 5.33. The predicted octanol–water partition coefficient (Wildman–Crippen LogP) is 4.24. The largest absolute Gasteiger partial charge is 0.458 e. The molecule has 2 nitrogen and oxygen atoms in total. The van der Waals surface area contributed by atoms with Gasteiger partial charge in [0.15, 0.2) is 0 Å². The molecule has 1 atom stereocenters. The van der Waals surface area contributed by atoms with E-state index in [9.17, 15) is 0 Å². The molecule has 2 rings (SSSR count). The lowest BCUT2D eigenvalue weighted by Crippen LogP contribution is -2.25. The number of halogens is 1. The van der Waals surface area contributed by atoms with E-state index in [0.717, 1.165) is 21.2 Å². The van der Waals surface area contributed by atoms with Crippen molar-refractivity contribution < 1.29 is 4.42 Å². The summed E-state index contributed by atoms with van der Waals surface area (Å²) < 4.78 is 6.79. The van der Waals surface area contributed by atoms with E-state index in [-0.39, 0.29) is 11.5 Å². The van der Waals surface area contributed by atoms with E-state index in [1.54, 1.807) is 0 Å². The summed E-state index contributed by atoms with van der Waals surface area (Å²) in [4.78, 5) is 0. The highest BCUT2D eigenvalue weighted by atomic mass is 79.9. The topological polar surface area (TPSA) is 39.2 Å². The number of rotatable bonds is 1. The summed E-state index contributed by atoms with van der Waals surface area (Å²) in [6, 6.07) is 7.93. The van der Waals surface area contributed by atoms with Crippen LogP contribution in [-0.4, -0.2) is 0 Å². The van der Waals surface area contributed by atoms with Crippen LogP contribution in [0.1, 0.15) is 32.6 Å². The van der Waals surface area contributed by atoms with E-state index in [1.807, 2.05) is 24.3 Å². The second-order valence-electron chi connectivity index (χ2n) is 5.15. The zero-order valence-corrected chi connectivity index (χ0v) is 11.3. The van der Waals surface area contributed by atoms with Crippen molar-refractivity contribution in [2.45, 2.75) is 26.8 Å². The fourth-order valence-corrected chi connectivity index (χ4v) is 2.09. The minimum Gasteiger partial charge on any atom is -0.458 e. The van der Waals surface area contributed by atoms with Crippen LogP contribution in [0.3, 0.4) is 0 Å². The van der Waals surface area contributed by atoms with Crippen molar-refractivity contribution in [2.75, 3.05) is 0 Å². The number of hydrogen-bond acceptors (Lipinski definition) is 2. The molecule has 16 heavy (non-hydrogen) atoms. The molecule has 0 unspecified atom stereocenters. The van der Waals surface area contributed by atoms with Gasteiger partial charge in [-0.1, -0.05) is 32.9 Å². The van der Waals surface area contributed by atoms with Crippen molar-refractivity contribution in [1.29, 1.82) is 0 Å². The van der Waals surface area contributed by atoms with E-state index in [1.165, 1.54) is 0 Å². The molecule has 3 heteroatoms. The van der Waals surface area contributed by atoms with Gasteiger partial charge in [0.25, 0.3) is 0 Å². The third kappa shape index (κ3) is 2.02. The average Bonchev–Trinajstić information content (AvgIpc) is 2.60. The van der Waals surface area contributed by atoms with Crippen LogP contribution < -0.4 is 5.73 Å². The highest BCUT2D eigenvalue weighted by molar-refractivity contribution is 9.10. The first-order valence-corrected chi connectivity index (χ1v) is 6.12. The summed E-state index contributed by atoms with van der Waals surface area (Å²) in [5.74, 6) is 0.842. The summed E-state index contributed by atoms with van der Waals surface area (Å²) in [6.07, 6.45) is 0. The maximum Gasteiger partial charge on any atom is 0.148 e. The number of hydrogen-bond donors (Lipinski definition) is 1. The maximum atomic E-state index is 6.18. The van der Waals surface area contributed by atoms with Crippen LogP contribution in [0.5, 0.6) is 0 Å². The average molecular weight is 282 g/mol. The van der Waals surface area contributed by atoms with Crippen LogP contribution in [0, 0.1) is 5.41 Å². The van der Waals surface area contributed by atoms with Crippen LogP contribution in [0.25, 0.3) is 11.0 Å². The third-order valence-electron chi connectivity index (χ3n) is 2.75. The van der Waals surface area contributed by atoms with Gasteiger partial charge < -0.3 is 10.2 Å². The van der Waals surface area contributed by atoms with Crippen molar-refractivity contribution in [1.82, 2.24) is 0 Å². The summed E-state index contributed by atoms with van der Waals surface area (Å²) in [5, 5.41) is 1.09. The van der Waals surface area contributed by atoms with Crippen LogP contribution in [0.15, 0.2) is 33.2 Å². The molecule has 1 heterocycles. The zero-order valence-electron chi connectivity index (χ0n) is 9.75. The molecule has 0 fully saturated rings. The SMILES string of the molecule is CC(C)(C)[C@H](N)c1cc2cccc(Br)c2o1. The molecule has 0 aliphatic rings. The molecule has 0 spiro atoms. The number of furan rings is 1. The molecule has 0 aliphatic heterocycles. The van der Waals surface area contributed by atoms with Crippen molar-refractivity contribution in [3.05, 3.63) is 34.5 Å². The van der Waals surface area contributed by atoms with Gasteiger partial charge in [-0.05, 0) is 33.5 Å². The van der Waals surface area contributed by atoms with E-state index in [2.05, 4.69) is 36.7 Å². The number of fused-ring (bicyclic) bond motifs is 1. The Balaban J connectivity index is 2.52. The van der Waals surface area contributed by atoms with Crippen LogP contribution >= 0.6 is 15.9 Å². The van der Waals surface area contributed by atoms with Gasteiger partial charge in [0.05, 0.1) is 10.5 Å². The molecule has 1 aromatic carbocycles. The number of nitrogens with two attached hydrogens (primary N) is 1. The van der Waals surface area contributed by atoms with Gasteiger partial charge in [-0.3, -0.25) is 0 Å². The smallest absolute Gasteiger partial charge is 0.148 e. The molecule has 0 amide bonds. The van der Waals surface area contributed by atoms with Gasteiger partial charge in [-0.15, -0.1) is 0 Å². The molecule has 2 aromatic rings. The number of benzene rings is 1. The highest BCUT2D eigenvalue weighted by Gasteiger charge is 2.25. The Bertz CT molecular complexity index is 510. The molecule has 0 saturated carbocycles. The lowest BCUT2D eigenvalue weighted by Gasteiger charge is -2.24. The molecular weight excluding hydrogens is 266 g/mol. The van der Waals surface area contributed by atoms with E-state index in [4.69, 9.17) is 10.2 Å². The Labute approximate surface area is 104 Å². The van der Waals surface area contributed by atoms with Gasteiger partial charge in [0, 0.05) is 5.39 Å². The van der Waals surface area contributed by atoms with Gasteiger partial charge >= 0.3 is 0 Å². The summed E-state index contributed by atoms with van der Waals surface area (Å²) in [6.45, 7) is 6.33. The Morgan fingerprint density at radius 3 is 2.56 bits per heavy atom. The Kier molecular flexibility index (Phi) is 2.84. The van der Waals surface area contributed by atoms with Crippen LogP contribution in [0.2, 0.25) is 0 Å². The van der Waals surface area contributed by atoms with Gasteiger partial charge in [-0.2, -0.15) is 0 Å². The highest BCUT2D eigenvalue weighted by Crippen LogP contribution is 2.35. The van der Waals surface area contributed by atoms with Gasteiger partial charge in [0.2, 0.25) is 0 Å². The second-order valence-corrected chi connectivity index (χ2v) is 6.00. The van der Waals surface area contributed by atoms with E-state index in [0.29, 0.717) is 0 Å². The lowest BCUT2D eigenvalue weighted by molar-refractivity contribution is 0.290. The summed E-state index contributed by atoms with van der Waals surface area (Å²) in [7, 11) is 0. The molecule has 0 bridgehead atoms.